The number of nitrogens with zero attached hydrogens (tertiary/aromatic N) is 6. The molecule has 0 saturated heterocycles. The number of esters is 1. The van der Waals surface area contributed by atoms with E-state index in [2.05, 4.69) is 37.3 Å². The number of rotatable bonds is 10. The molecule has 40 heavy (non-hydrogen) atoms. The molecule has 0 aromatic carbocycles. The number of aryl methyl sites for hydroxylation is 3. The van der Waals surface area contributed by atoms with Crippen molar-refractivity contribution < 1.29 is 23.8 Å². The van der Waals surface area contributed by atoms with Crippen LogP contribution >= 0.6 is 11.3 Å². The molecule has 0 bridgehead atoms. The topological polar surface area (TPSA) is 130 Å². The summed E-state index contributed by atoms with van der Waals surface area (Å²) in [5.74, 6) is 1.35. The van der Waals surface area contributed by atoms with Gasteiger partial charge in [0.25, 0.3) is 0 Å². The van der Waals surface area contributed by atoms with Gasteiger partial charge in [-0.05, 0) is 51.7 Å². The van der Waals surface area contributed by atoms with Crippen LogP contribution in [-0.2, 0) is 20.8 Å². The number of pyridine rings is 1. The van der Waals surface area contributed by atoms with E-state index in [-0.39, 0.29) is 18.4 Å². The lowest BCUT2D eigenvalue weighted by atomic mass is 9.89. The molecule has 5 rings (SSSR count). The van der Waals surface area contributed by atoms with Gasteiger partial charge in [-0.2, -0.15) is 4.98 Å². The van der Waals surface area contributed by atoms with Crippen molar-refractivity contribution in [2.75, 3.05) is 18.3 Å². The summed E-state index contributed by atoms with van der Waals surface area (Å²) < 4.78 is 16.7. The SMILES string of the molecule is Cc1ccc([C@H]2C[C@@H]2COc2cc(N(Cc3nnc(C)s3)C(=O)OCOC(=O)C3CCCCC3)nc(C)n2)nc1. The zero-order valence-electron chi connectivity index (χ0n) is 23.0. The Bertz CT molecular complexity index is 1330. The summed E-state index contributed by atoms with van der Waals surface area (Å²) >= 11 is 1.37. The Morgan fingerprint density at radius 1 is 1.05 bits per heavy atom. The van der Waals surface area contributed by atoms with Gasteiger partial charge in [-0.15, -0.1) is 10.2 Å². The summed E-state index contributed by atoms with van der Waals surface area (Å²) in [7, 11) is 0. The van der Waals surface area contributed by atoms with E-state index in [4.69, 9.17) is 14.2 Å². The zero-order chi connectivity index (χ0) is 28.1. The molecule has 2 aliphatic carbocycles. The van der Waals surface area contributed by atoms with Crippen LogP contribution < -0.4 is 9.64 Å². The van der Waals surface area contributed by atoms with Crippen molar-refractivity contribution in [3.8, 4) is 5.88 Å². The summed E-state index contributed by atoms with van der Waals surface area (Å²) in [6.07, 6.45) is 6.93. The molecule has 0 N–H and O–H groups in total. The van der Waals surface area contributed by atoms with Gasteiger partial charge in [-0.1, -0.05) is 36.7 Å². The average Bonchev–Trinajstić information content (AvgIpc) is 3.61. The van der Waals surface area contributed by atoms with Crippen LogP contribution in [0.4, 0.5) is 10.6 Å². The molecule has 11 nitrogen and oxygen atoms in total. The molecule has 2 fully saturated rings. The number of carbonyl (C=O) groups excluding carboxylic acids is 2. The Morgan fingerprint density at radius 3 is 2.60 bits per heavy atom. The highest BCUT2D eigenvalue weighted by molar-refractivity contribution is 7.11. The number of anilines is 1. The fourth-order valence-corrected chi connectivity index (χ4v) is 5.57. The third-order valence-electron chi connectivity index (χ3n) is 7.16. The third kappa shape index (κ3) is 7.29. The molecule has 0 radical (unpaired) electrons. The van der Waals surface area contributed by atoms with Gasteiger partial charge >= 0.3 is 12.1 Å². The first-order chi connectivity index (χ1) is 19.4. The Balaban J connectivity index is 1.23. The monoisotopic (exact) mass is 566 g/mol. The zero-order valence-corrected chi connectivity index (χ0v) is 23.9. The van der Waals surface area contributed by atoms with E-state index in [1.54, 1.807) is 13.0 Å². The fraction of sp³-hybridized carbons (Fsp3) is 0.536. The molecule has 3 aromatic heterocycles. The van der Waals surface area contributed by atoms with E-state index in [9.17, 15) is 9.59 Å². The maximum absolute atomic E-state index is 13.2. The van der Waals surface area contributed by atoms with Crippen LogP contribution in [0, 0.1) is 32.6 Å². The van der Waals surface area contributed by atoms with E-state index in [0.717, 1.165) is 54.8 Å². The van der Waals surface area contributed by atoms with Gasteiger partial charge < -0.3 is 14.2 Å². The molecular weight excluding hydrogens is 532 g/mol. The largest absolute Gasteiger partial charge is 0.477 e. The summed E-state index contributed by atoms with van der Waals surface area (Å²) in [5.41, 5.74) is 2.21. The van der Waals surface area contributed by atoms with Gasteiger partial charge in [0.05, 0.1) is 19.1 Å². The highest BCUT2D eigenvalue weighted by Gasteiger charge is 2.40. The van der Waals surface area contributed by atoms with Crippen LogP contribution in [0.5, 0.6) is 5.88 Å². The molecule has 0 unspecified atom stereocenters. The first-order valence-corrected chi connectivity index (χ1v) is 14.5. The Hall–Kier alpha value is -3.67. The van der Waals surface area contributed by atoms with Crippen molar-refractivity contribution in [3.63, 3.8) is 0 Å². The molecule has 0 spiro atoms. The smallest absolute Gasteiger partial charge is 0.418 e. The van der Waals surface area contributed by atoms with Gasteiger partial charge in [-0.3, -0.25) is 14.7 Å². The minimum atomic E-state index is -0.721. The maximum Gasteiger partial charge on any atom is 0.418 e. The predicted octanol–water partition coefficient (Wildman–Crippen LogP) is 5.06. The first kappa shape index (κ1) is 27.9. The number of carbonyl (C=O) groups is 2. The second kappa shape index (κ2) is 12.7. The summed E-state index contributed by atoms with van der Waals surface area (Å²) in [5, 5.41) is 9.57. The molecule has 3 heterocycles. The van der Waals surface area contributed by atoms with Gasteiger partial charge in [0.15, 0.2) is 0 Å². The van der Waals surface area contributed by atoms with Crippen molar-refractivity contribution >= 4 is 29.2 Å². The number of ether oxygens (including phenoxy) is 3. The van der Waals surface area contributed by atoms with Crippen molar-refractivity contribution in [1.29, 1.82) is 0 Å². The average molecular weight is 567 g/mol. The number of hydrogen-bond donors (Lipinski definition) is 0. The summed E-state index contributed by atoms with van der Waals surface area (Å²) in [6, 6.07) is 5.75. The van der Waals surface area contributed by atoms with Crippen LogP contribution in [0.1, 0.15) is 71.5 Å². The molecular formula is C28H34N6O5S. The Morgan fingerprint density at radius 2 is 1.88 bits per heavy atom. The van der Waals surface area contributed by atoms with Crippen LogP contribution in [-0.4, -0.2) is 50.6 Å². The first-order valence-electron chi connectivity index (χ1n) is 13.7. The quantitative estimate of drug-likeness (QED) is 0.243. The molecule has 2 aliphatic rings. The standard InChI is InChI=1S/C28H34N6O5S/c1-17-9-10-23(29-13-17)22-11-21(22)15-37-25-12-24(30-18(2)31-25)34(14-26-33-32-19(3)40-26)28(36)39-16-38-27(35)20-7-5-4-6-8-20/h9-10,12-13,20-22H,4-8,11,14-16H2,1-3H3/t21-,22+/m1/s1. The van der Waals surface area contributed by atoms with Crippen LogP contribution in [0.2, 0.25) is 0 Å². The van der Waals surface area contributed by atoms with E-state index in [1.165, 1.54) is 16.2 Å². The fourth-order valence-electron chi connectivity index (χ4n) is 4.87. The van der Waals surface area contributed by atoms with E-state index in [1.807, 2.05) is 20.0 Å². The van der Waals surface area contributed by atoms with Crippen molar-refractivity contribution in [1.82, 2.24) is 25.1 Å². The normalized spacial score (nSPS) is 18.7. The van der Waals surface area contributed by atoms with Crippen molar-refractivity contribution in [2.45, 2.75) is 71.8 Å². The van der Waals surface area contributed by atoms with Gasteiger partial charge in [0, 0.05) is 29.8 Å². The molecule has 3 aromatic rings. The van der Waals surface area contributed by atoms with E-state index >= 15 is 0 Å². The van der Waals surface area contributed by atoms with Crippen molar-refractivity contribution in [3.05, 3.63) is 51.5 Å². The molecule has 0 aliphatic heterocycles. The molecule has 1 amide bonds. The third-order valence-corrected chi connectivity index (χ3v) is 7.99. The van der Waals surface area contributed by atoms with E-state index < -0.39 is 12.9 Å². The lowest BCUT2D eigenvalue weighted by Crippen LogP contribution is -2.33. The van der Waals surface area contributed by atoms with Crippen molar-refractivity contribution in [2.24, 2.45) is 11.8 Å². The van der Waals surface area contributed by atoms with Gasteiger partial charge in [-0.25, -0.2) is 9.78 Å². The second-order valence-corrected chi connectivity index (χ2v) is 11.7. The molecule has 2 atom stereocenters. The number of aromatic nitrogens is 5. The van der Waals surface area contributed by atoms with Gasteiger partial charge in [0.2, 0.25) is 12.7 Å². The highest BCUT2D eigenvalue weighted by Crippen LogP contribution is 2.46. The second-order valence-electron chi connectivity index (χ2n) is 10.4. The molecule has 2 saturated carbocycles. The van der Waals surface area contributed by atoms with Crippen LogP contribution in [0.3, 0.4) is 0 Å². The van der Waals surface area contributed by atoms with Gasteiger partial charge in [0.1, 0.15) is 21.7 Å². The summed E-state index contributed by atoms with van der Waals surface area (Å²) in [6.45, 7) is 5.69. The Kier molecular flexibility index (Phi) is 8.83. The van der Waals surface area contributed by atoms with E-state index in [0.29, 0.717) is 41.0 Å². The van der Waals surface area contributed by atoms with Crippen LogP contribution in [0.25, 0.3) is 0 Å². The minimum Gasteiger partial charge on any atom is -0.477 e. The Labute approximate surface area is 237 Å². The lowest BCUT2D eigenvalue weighted by Gasteiger charge is -2.22. The molecule has 212 valence electrons. The molecule has 12 heteroatoms. The van der Waals surface area contributed by atoms with Crippen LogP contribution in [0.15, 0.2) is 24.4 Å². The lowest BCUT2D eigenvalue weighted by molar-refractivity contribution is -0.157. The maximum atomic E-state index is 13.2. The minimum absolute atomic E-state index is 0.0839. The predicted molar refractivity (Wildman–Crippen MR) is 147 cm³/mol. The summed E-state index contributed by atoms with van der Waals surface area (Å²) in [4.78, 5) is 40.3. The number of hydrogen-bond acceptors (Lipinski definition) is 11. The number of amides is 1. The highest BCUT2D eigenvalue weighted by atomic mass is 32.1.